The van der Waals surface area contributed by atoms with Gasteiger partial charge >= 0.3 is 0 Å². The lowest BCUT2D eigenvalue weighted by atomic mass is 9.77. The van der Waals surface area contributed by atoms with E-state index in [-0.39, 0.29) is 23.3 Å². The van der Waals surface area contributed by atoms with Gasteiger partial charge in [-0.3, -0.25) is 0 Å². The molecule has 0 spiro atoms. The number of rotatable bonds is 12. The predicted octanol–water partition coefficient (Wildman–Crippen LogP) is 30.9. The molecule has 0 aliphatic carbocycles. The smallest absolute Gasteiger partial charge is 0.123 e. The first-order valence-corrected chi connectivity index (χ1v) is 37.8. The van der Waals surface area contributed by atoms with Crippen LogP contribution in [-0.4, -0.2) is 0 Å². The maximum Gasteiger partial charge on any atom is 0.123 e. The highest BCUT2D eigenvalue weighted by atomic mass is 19.1. The van der Waals surface area contributed by atoms with E-state index in [1.54, 1.807) is 24.3 Å². The Morgan fingerprint density at radius 3 is 0.455 bits per heavy atom. The van der Waals surface area contributed by atoms with Gasteiger partial charge in [0.05, 0.1) is 0 Å². The molecule has 0 aliphatic heterocycles. The Morgan fingerprint density at radius 2 is 0.259 bits per heavy atom. The van der Waals surface area contributed by atoms with Crippen molar-refractivity contribution in [3.8, 4) is 134 Å². The van der Waals surface area contributed by atoms with Gasteiger partial charge in [-0.25, -0.2) is 17.6 Å². The largest absolute Gasteiger partial charge is 0.207 e. The van der Waals surface area contributed by atoms with E-state index in [0.29, 0.717) is 0 Å². The van der Waals surface area contributed by atoms with E-state index in [2.05, 4.69) is 315 Å². The van der Waals surface area contributed by atoms with E-state index in [9.17, 15) is 17.6 Å². The Balaban J connectivity index is 0.000000151. The van der Waals surface area contributed by atoms with Crippen molar-refractivity contribution < 1.29 is 17.6 Å². The zero-order chi connectivity index (χ0) is 75.2. The molecule has 0 unspecified atom stereocenters. The van der Waals surface area contributed by atoms with Gasteiger partial charge in [0.1, 0.15) is 23.3 Å². The first kappa shape index (κ1) is 68.2. The van der Waals surface area contributed by atoms with E-state index < -0.39 is 0 Å². The molecule has 0 amide bonds. The molecule has 0 aliphatic rings. The lowest BCUT2D eigenvalue weighted by Crippen LogP contribution is -1.98. The minimum absolute atomic E-state index is 0.247. The van der Waals surface area contributed by atoms with Crippen molar-refractivity contribution in [1.29, 1.82) is 0 Å². The third-order valence-corrected chi connectivity index (χ3v) is 22.0. The molecular formula is C108H68F4. The topological polar surface area (TPSA) is 0 Å². The Hall–Kier alpha value is -14.3. The average molecular weight is 1440 g/mol. The van der Waals surface area contributed by atoms with E-state index in [1.165, 1.54) is 91.0 Å². The quantitative estimate of drug-likeness (QED) is 0.0845. The normalized spacial score (nSPS) is 11.4. The van der Waals surface area contributed by atoms with Crippen molar-refractivity contribution in [2.45, 2.75) is 0 Å². The highest BCUT2D eigenvalue weighted by molar-refractivity contribution is 6.36. The van der Waals surface area contributed by atoms with Crippen LogP contribution in [0.15, 0.2) is 413 Å². The average Bonchev–Trinajstić information content (AvgIpc) is 0.703. The summed E-state index contributed by atoms with van der Waals surface area (Å²) in [5.41, 5.74) is 25.8. The number of hydrogen-bond donors (Lipinski definition) is 0. The van der Waals surface area contributed by atoms with Crippen LogP contribution in [0.3, 0.4) is 0 Å². The molecule has 528 valence electrons. The minimum Gasteiger partial charge on any atom is -0.207 e. The highest BCUT2D eigenvalue weighted by Gasteiger charge is 2.29. The lowest BCUT2D eigenvalue weighted by Gasteiger charge is -2.25. The second-order valence-corrected chi connectivity index (χ2v) is 28.5. The zero-order valence-electron chi connectivity index (χ0n) is 60.8. The van der Waals surface area contributed by atoms with Crippen LogP contribution in [0.2, 0.25) is 0 Å². The summed E-state index contributed by atoms with van der Waals surface area (Å²) in [6, 6.07) is 139. The fraction of sp³-hybridized carbons (Fsp3) is 0. The van der Waals surface area contributed by atoms with Gasteiger partial charge in [0.25, 0.3) is 0 Å². The van der Waals surface area contributed by atoms with Gasteiger partial charge in [0.15, 0.2) is 0 Å². The molecule has 0 atom stereocenters. The summed E-state index contributed by atoms with van der Waals surface area (Å²) in [6.45, 7) is 0. The van der Waals surface area contributed by atoms with Crippen LogP contribution in [0.5, 0.6) is 0 Å². The molecule has 0 aromatic heterocycles. The van der Waals surface area contributed by atoms with Gasteiger partial charge in [0, 0.05) is 0 Å². The van der Waals surface area contributed by atoms with Gasteiger partial charge in [-0.1, -0.05) is 364 Å². The van der Waals surface area contributed by atoms with Crippen molar-refractivity contribution in [2.75, 3.05) is 0 Å². The minimum atomic E-state index is -0.254. The Bertz CT molecular complexity index is 6500. The van der Waals surface area contributed by atoms with E-state index in [1.807, 2.05) is 36.4 Å². The summed E-state index contributed by atoms with van der Waals surface area (Å²) < 4.78 is 56.5. The molecule has 20 aromatic rings. The standard InChI is InChI=1S/2C54H34F2/c55-43-19-11-17-41(33-43)35-25-29-39(30-26-35)51-47-23-9-10-24-48(47)52(40-31-27-36(28-32-40)42-18-12-20-44(56)34-42)54-50(38-15-5-2-6-16-38)46-22-8-7-21-45(46)49(53(51)54)37-13-3-1-4-14-37;55-43-31-27-37(28-32-43)35-19-23-41(24-20-35)51-47-17-9-10-18-48(47)52(42-25-21-36(22-26-42)38-29-33-44(56)34-30-38)54-50(40-13-5-2-6-14-40)46-16-8-7-15-45(46)49(53(51)54)39-11-3-1-4-12-39/h2*1-34H. The Morgan fingerprint density at radius 1 is 0.107 bits per heavy atom. The fourth-order valence-corrected chi connectivity index (χ4v) is 17.0. The second kappa shape index (κ2) is 29.3. The highest BCUT2D eigenvalue weighted by Crippen LogP contribution is 2.57. The summed E-state index contributed by atoms with van der Waals surface area (Å²) in [5.74, 6) is -1.00. The molecule has 0 radical (unpaired) electrons. The van der Waals surface area contributed by atoms with Crippen LogP contribution in [0.4, 0.5) is 17.6 Å². The third kappa shape index (κ3) is 12.5. The summed E-state index contributed by atoms with van der Waals surface area (Å²) in [5, 5.41) is 14.0. The second-order valence-electron chi connectivity index (χ2n) is 28.5. The summed E-state index contributed by atoms with van der Waals surface area (Å²) >= 11 is 0. The van der Waals surface area contributed by atoms with Crippen LogP contribution in [0.25, 0.3) is 198 Å². The molecule has 0 saturated heterocycles. The molecule has 0 N–H and O–H groups in total. The van der Waals surface area contributed by atoms with Crippen molar-refractivity contribution >= 4 is 64.6 Å². The number of hydrogen-bond acceptors (Lipinski definition) is 0. The molecule has 0 fully saturated rings. The van der Waals surface area contributed by atoms with Gasteiger partial charge < -0.3 is 0 Å². The van der Waals surface area contributed by atoms with E-state index in [0.717, 1.165) is 144 Å². The SMILES string of the molecule is Fc1ccc(-c2ccc(-c3c4ccccc4c(-c4ccc(-c5ccc(F)cc5)cc4)c4c(-c5ccccc5)c5ccccc5c(-c5ccccc5)c34)cc2)cc1.Fc1cccc(-c2ccc(-c3c4ccccc4c(-c4ccc(-c5cccc(F)c5)cc4)c4c(-c5ccccc5)c5ccccc5c(-c5ccccc5)c34)cc2)c1. The molecule has 0 saturated carbocycles. The first-order valence-electron chi connectivity index (χ1n) is 37.8. The number of fused-ring (bicyclic) bond motifs is 6. The Labute approximate surface area is 647 Å². The van der Waals surface area contributed by atoms with Gasteiger partial charge in [-0.15, -0.1) is 0 Å². The van der Waals surface area contributed by atoms with Crippen LogP contribution in [0, 0.1) is 23.3 Å². The summed E-state index contributed by atoms with van der Waals surface area (Å²) in [7, 11) is 0. The van der Waals surface area contributed by atoms with Gasteiger partial charge in [0.2, 0.25) is 0 Å². The molecule has 0 heterocycles. The van der Waals surface area contributed by atoms with Crippen LogP contribution >= 0.6 is 0 Å². The van der Waals surface area contributed by atoms with Crippen molar-refractivity contribution in [1.82, 2.24) is 0 Å². The van der Waals surface area contributed by atoms with Crippen molar-refractivity contribution in [3.63, 3.8) is 0 Å². The van der Waals surface area contributed by atoms with Crippen molar-refractivity contribution in [2.24, 2.45) is 0 Å². The zero-order valence-corrected chi connectivity index (χ0v) is 60.8. The van der Waals surface area contributed by atoms with E-state index >= 15 is 0 Å². The van der Waals surface area contributed by atoms with Crippen LogP contribution in [-0.2, 0) is 0 Å². The third-order valence-electron chi connectivity index (χ3n) is 22.0. The lowest BCUT2D eigenvalue weighted by molar-refractivity contribution is 0.627. The molecule has 112 heavy (non-hydrogen) atoms. The number of halogens is 4. The molecule has 20 aromatic carbocycles. The van der Waals surface area contributed by atoms with Crippen LogP contribution < -0.4 is 0 Å². The van der Waals surface area contributed by atoms with Gasteiger partial charge in [-0.2, -0.15) is 0 Å². The first-order chi connectivity index (χ1) is 55.2. The van der Waals surface area contributed by atoms with Gasteiger partial charge in [-0.05, 0) is 247 Å². The Kier molecular flexibility index (Phi) is 17.9. The molecular weight excluding hydrogens is 1370 g/mol. The maximum atomic E-state index is 14.3. The predicted molar refractivity (Wildman–Crippen MR) is 463 cm³/mol. The number of benzene rings is 20. The monoisotopic (exact) mass is 1440 g/mol. The fourth-order valence-electron chi connectivity index (χ4n) is 17.0. The van der Waals surface area contributed by atoms with Crippen molar-refractivity contribution in [3.05, 3.63) is 436 Å². The maximum absolute atomic E-state index is 14.3. The molecule has 0 bridgehead atoms. The summed E-state index contributed by atoms with van der Waals surface area (Å²) in [4.78, 5) is 0. The molecule has 0 nitrogen and oxygen atoms in total. The molecule has 20 rings (SSSR count). The van der Waals surface area contributed by atoms with E-state index in [4.69, 9.17) is 0 Å². The summed E-state index contributed by atoms with van der Waals surface area (Å²) in [6.07, 6.45) is 0. The molecule has 4 heteroatoms. The van der Waals surface area contributed by atoms with Crippen LogP contribution in [0.1, 0.15) is 0 Å².